The highest BCUT2D eigenvalue weighted by molar-refractivity contribution is 7.96. The number of hydrogen-bond acceptors (Lipinski definition) is 12. The molecule has 0 bridgehead atoms. The molecule has 2 saturated heterocycles. The second-order valence-corrected chi connectivity index (χ2v) is 28.0. The molecule has 1 aromatic heterocycles. The maximum absolute atomic E-state index is 16.3. The van der Waals surface area contributed by atoms with Crippen molar-refractivity contribution in [2.45, 2.75) is 72.4 Å². The minimum atomic E-state index is -3.53. The molecule has 3 heterocycles. The third kappa shape index (κ3) is 11.4. The van der Waals surface area contributed by atoms with Gasteiger partial charge in [-0.2, -0.15) is 0 Å². The third-order valence-corrected chi connectivity index (χ3v) is 18.2. The lowest BCUT2D eigenvalue weighted by Gasteiger charge is -2.52. The second-order valence-electron chi connectivity index (χ2n) is 20.2. The highest BCUT2D eigenvalue weighted by Crippen LogP contribution is 2.50. The average molecular weight is 1040 g/mol. The van der Waals surface area contributed by atoms with E-state index in [9.17, 15) is 23.6 Å². The Morgan fingerprint density at radius 1 is 0.808 bits per heavy atom. The van der Waals surface area contributed by atoms with Gasteiger partial charge in [0.15, 0.2) is 19.9 Å². The molecule has 2 aliphatic rings. The van der Waals surface area contributed by atoms with Gasteiger partial charge in [-0.3, -0.25) is 19.2 Å². The van der Waals surface area contributed by atoms with Gasteiger partial charge in [0.25, 0.3) is 0 Å². The fraction of sp³-hybridized carbons (Fsp3) is 0.389. The molecular formula is C54H62F3N4O10PSi. The van der Waals surface area contributed by atoms with Gasteiger partial charge >= 0.3 is 17.9 Å². The van der Waals surface area contributed by atoms with Crippen LogP contribution in [0, 0.1) is 23.0 Å². The van der Waals surface area contributed by atoms with Gasteiger partial charge in [-0.15, -0.1) is 0 Å². The summed E-state index contributed by atoms with van der Waals surface area (Å²) in [5.74, 6) is -7.35. The van der Waals surface area contributed by atoms with Crippen LogP contribution in [0.1, 0.15) is 44.5 Å². The number of rotatable bonds is 18. The molecule has 0 N–H and O–H groups in total. The number of piperazine rings is 1. The van der Waals surface area contributed by atoms with Crippen LogP contribution >= 0.6 is 6.89 Å². The van der Waals surface area contributed by atoms with Crippen molar-refractivity contribution in [2.75, 3.05) is 58.2 Å². The van der Waals surface area contributed by atoms with Crippen molar-refractivity contribution < 1.29 is 55.8 Å². The molecule has 4 aromatic carbocycles. The lowest BCUT2D eigenvalue weighted by Crippen LogP contribution is -2.69. The van der Waals surface area contributed by atoms with E-state index >= 15 is 18.4 Å². The first-order valence-corrected chi connectivity index (χ1v) is 29.3. The number of nitrogens with zero attached hydrogens (tertiary/aromatic N) is 4. The number of carbonyl (C=O) groups is 5. The topological polar surface area (TPSA) is 154 Å². The van der Waals surface area contributed by atoms with Gasteiger partial charge in [0.1, 0.15) is 35.8 Å². The summed E-state index contributed by atoms with van der Waals surface area (Å²) in [6, 6.07) is 27.1. The zero-order chi connectivity index (χ0) is 53.0. The predicted molar refractivity (Wildman–Crippen MR) is 278 cm³/mol. The molecular weight excluding hydrogens is 981 g/mol. The van der Waals surface area contributed by atoms with Crippen molar-refractivity contribution in [3.05, 3.63) is 131 Å². The fourth-order valence-electron chi connectivity index (χ4n) is 9.50. The SMILES string of the molecule is C[C@@H](O[Si](C)(C)C)[C@H]1C(=O)N(C(C(=O)OCOC(=O)C(C)(C)C)=P(c2ccccc2)(c2ccccc2)c2ccccc2)[C@@H]1CC(=O)COC(=O)c1cn(CCF)c2c(F)c(N3CCN(C)CC3)c(F)cc2c1=O. The Kier molecular flexibility index (Phi) is 16.7. The van der Waals surface area contributed by atoms with Crippen LogP contribution in [-0.2, 0) is 44.4 Å². The van der Waals surface area contributed by atoms with E-state index in [2.05, 4.69) is 0 Å². The lowest BCUT2D eigenvalue weighted by molar-refractivity contribution is -0.172. The number of pyridine rings is 1. The number of anilines is 1. The summed E-state index contributed by atoms with van der Waals surface area (Å²) in [5, 5.41) is 1.43. The molecule has 0 radical (unpaired) electrons. The second kappa shape index (κ2) is 22.4. The van der Waals surface area contributed by atoms with Crippen LogP contribution in [0.4, 0.5) is 18.9 Å². The number of Topliss-reactive ketones (excluding diaryl/α,β-unsaturated/α-hetero) is 1. The molecule has 5 aromatic rings. The van der Waals surface area contributed by atoms with Gasteiger partial charge in [-0.25, -0.2) is 22.8 Å². The van der Waals surface area contributed by atoms with Crippen molar-refractivity contribution >= 4 is 82.7 Å². The monoisotopic (exact) mass is 1040 g/mol. The minimum absolute atomic E-state index is 0.112. The number of likely N-dealkylation sites (tertiary alicyclic amines) is 1. The summed E-state index contributed by atoms with van der Waals surface area (Å²) in [5.41, 5.74) is -3.59. The largest absolute Gasteiger partial charge is 0.454 e. The number of halogens is 3. The number of benzene rings is 4. The molecule has 7 rings (SSSR count). The number of ketones is 1. The Bertz CT molecular complexity index is 2890. The molecule has 1 amide bonds. The standard InChI is InChI=1S/C54H62F3N4O10PSi/c1-35(71-73(6,7)8)44-43(30-36(62)33-68-51(65)41-32-60(25-24-55)46-40(48(41)63)31-42(56)47(45(46)57)59-28-26-58(5)27-29-59)61(49(44)64)50(52(66)69-34-70-53(67)54(2,3)4)72(37-18-12-9-13-19-37,38-20-14-10-15-21-38)39-22-16-11-17-23-39/h9-23,31-32,35,43-44H,24-30,33-34H2,1-8H3/t35-,43-,44-/m1/s1. The van der Waals surface area contributed by atoms with Crippen LogP contribution in [-0.4, -0.2) is 123 Å². The molecule has 73 heavy (non-hydrogen) atoms. The number of ether oxygens (including phenoxy) is 3. The third-order valence-electron chi connectivity index (χ3n) is 12.9. The van der Waals surface area contributed by atoms with Crippen molar-refractivity contribution in [2.24, 2.45) is 11.3 Å². The Labute approximate surface area is 424 Å². The van der Waals surface area contributed by atoms with Crippen LogP contribution in [0.3, 0.4) is 0 Å². The number of hydrogen-bond donors (Lipinski definition) is 0. The molecule has 2 fully saturated rings. The molecule has 0 saturated carbocycles. The highest BCUT2D eigenvalue weighted by atomic mass is 31.2. The number of aromatic nitrogens is 1. The zero-order valence-corrected chi connectivity index (χ0v) is 44.3. The number of aryl methyl sites for hydroxylation is 1. The average Bonchev–Trinajstić information content (AvgIpc) is 3.34. The summed E-state index contributed by atoms with van der Waals surface area (Å²) < 4.78 is 70.4. The summed E-state index contributed by atoms with van der Waals surface area (Å²) in [7, 11) is -0.492. The van der Waals surface area contributed by atoms with Crippen molar-refractivity contribution in [1.82, 2.24) is 14.4 Å². The van der Waals surface area contributed by atoms with Crippen LogP contribution in [0.2, 0.25) is 19.6 Å². The Balaban J connectivity index is 1.31. The number of carbonyl (C=O) groups excluding carboxylic acids is 5. The molecule has 0 aliphatic carbocycles. The van der Waals surface area contributed by atoms with E-state index in [1.165, 1.54) is 9.80 Å². The van der Waals surface area contributed by atoms with E-state index < -0.39 is 129 Å². The van der Waals surface area contributed by atoms with Gasteiger partial charge in [-0.05, 0) is 76.4 Å². The number of fused-ring (bicyclic) bond motifs is 1. The highest BCUT2D eigenvalue weighted by Gasteiger charge is 2.56. The molecule has 19 heteroatoms. The number of likely N-dealkylation sites (N-methyl/N-ethyl adjacent to an activating group) is 1. The quantitative estimate of drug-likeness (QED) is 0.0314. The molecule has 388 valence electrons. The summed E-state index contributed by atoms with van der Waals surface area (Å²) in [4.78, 5) is 90.3. The summed E-state index contributed by atoms with van der Waals surface area (Å²) in [6.45, 7) is 7.35. The normalized spacial score (nSPS) is 16.9. The summed E-state index contributed by atoms with van der Waals surface area (Å²) >= 11 is 0. The van der Waals surface area contributed by atoms with Gasteiger partial charge in [0.05, 0.1) is 40.9 Å². The first kappa shape index (κ1) is 54.4. The minimum Gasteiger partial charge on any atom is -0.454 e. The number of esters is 3. The Morgan fingerprint density at radius 3 is 1.86 bits per heavy atom. The zero-order valence-electron chi connectivity index (χ0n) is 42.4. The molecule has 2 aliphatic heterocycles. The fourth-order valence-corrected chi connectivity index (χ4v) is 15.2. The van der Waals surface area contributed by atoms with Crippen LogP contribution < -0.4 is 26.2 Å². The number of β-lactam (4-membered cyclic amide) rings is 1. The Hall–Kier alpha value is -6.33. The van der Waals surface area contributed by atoms with Gasteiger partial charge in [-0.1, -0.05) is 91.0 Å². The smallest absolute Gasteiger partial charge is 0.358 e. The van der Waals surface area contributed by atoms with E-state index in [0.29, 0.717) is 42.1 Å². The number of alkyl halides is 1. The molecule has 3 atom stereocenters. The van der Waals surface area contributed by atoms with Gasteiger partial charge < -0.3 is 37.9 Å². The summed E-state index contributed by atoms with van der Waals surface area (Å²) in [6.07, 6.45) is -0.329. The van der Waals surface area contributed by atoms with Crippen molar-refractivity contribution in [3.8, 4) is 0 Å². The van der Waals surface area contributed by atoms with E-state index in [1.807, 2.05) is 123 Å². The van der Waals surface area contributed by atoms with Gasteiger partial charge in [0, 0.05) is 45.7 Å². The molecule has 14 nitrogen and oxygen atoms in total. The maximum Gasteiger partial charge on any atom is 0.358 e. The van der Waals surface area contributed by atoms with Crippen LogP contribution in [0.15, 0.2) is 108 Å². The predicted octanol–water partition coefficient (Wildman–Crippen LogP) is 6.40. The van der Waals surface area contributed by atoms with Gasteiger partial charge in [0.2, 0.25) is 18.1 Å². The first-order valence-electron chi connectivity index (χ1n) is 24.1. The molecule has 0 spiro atoms. The maximum atomic E-state index is 16.3. The van der Waals surface area contributed by atoms with Crippen LogP contribution in [0.5, 0.6) is 0 Å². The van der Waals surface area contributed by atoms with E-state index in [4.69, 9.17) is 18.6 Å². The van der Waals surface area contributed by atoms with Crippen molar-refractivity contribution in [3.63, 3.8) is 0 Å². The van der Waals surface area contributed by atoms with Crippen molar-refractivity contribution in [1.29, 1.82) is 0 Å². The van der Waals surface area contributed by atoms with E-state index in [-0.39, 0.29) is 16.6 Å². The first-order chi connectivity index (χ1) is 34.6. The Morgan fingerprint density at radius 2 is 1.36 bits per heavy atom. The van der Waals surface area contributed by atoms with E-state index in [0.717, 1.165) is 16.8 Å². The molecule has 0 unspecified atom stereocenters. The van der Waals surface area contributed by atoms with E-state index in [1.54, 1.807) is 27.7 Å². The lowest BCUT2D eigenvalue weighted by atomic mass is 9.80. The van der Waals surface area contributed by atoms with Crippen LogP contribution in [0.25, 0.3) is 10.9 Å². The number of amides is 1.